The van der Waals surface area contributed by atoms with Gasteiger partial charge in [0, 0.05) is 38.1 Å². The van der Waals surface area contributed by atoms with E-state index in [1.807, 2.05) is 29.2 Å². The van der Waals surface area contributed by atoms with E-state index in [0.29, 0.717) is 6.04 Å². The molecule has 1 aliphatic rings. The predicted molar refractivity (Wildman–Crippen MR) is 112 cm³/mol. The van der Waals surface area contributed by atoms with E-state index in [1.165, 1.54) is 24.0 Å². The number of rotatable bonds is 7. The highest BCUT2D eigenvalue weighted by molar-refractivity contribution is 5.35. The van der Waals surface area contributed by atoms with Crippen molar-refractivity contribution in [2.75, 3.05) is 20.2 Å². The third-order valence-corrected chi connectivity index (χ3v) is 5.32. The highest BCUT2D eigenvalue weighted by atomic mass is 16.5. The van der Waals surface area contributed by atoms with Gasteiger partial charge >= 0.3 is 0 Å². The smallest absolute Gasteiger partial charge is 0.119 e. The largest absolute Gasteiger partial charge is 0.497 e. The van der Waals surface area contributed by atoms with Crippen LogP contribution < -0.4 is 10.1 Å². The third kappa shape index (κ3) is 4.80. The second-order valence-corrected chi connectivity index (χ2v) is 7.43. The summed E-state index contributed by atoms with van der Waals surface area (Å²) in [5.74, 6) is 0.932. The molecule has 0 spiro atoms. The summed E-state index contributed by atoms with van der Waals surface area (Å²) in [6.07, 6.45) is 6.25. The number of likely N-dealkylation sites (tertiary alicyclic amines) is 1. The molecule has 1 aromatic heterocycles. The molecule has 0 saturated carbocycles. The zero-order chi connectivity index (χ0) is 19.2. The van der Waals surface area contributed by atoms with Crippen LogP contribution in [-0.4, -0.2) is 40.9 Å². The number of hydrogen-bond donors (Lipinski definition) is 1. The van der Waals surface area contributed by atoms with Gasteiger partial charge in [-0.3, -0.25) is 4.90 Å². The zero-order valence-electron chi connectivity index (χ0n) is 16.4. The summed E-state index contributed by atoms with van der Waals surface area (Å²) in [6, 6.07) is 19.4. The topological polar surface area (TPSA) is 42.3 Å². The Balaban J connectivity index is 1.32. The van der Waals surface area contributed by atoms with Crippen LogP contribution in [0.3, 0.4) is 0 Å². The van der Waals surface area contributed by atoms with Crippen LogP contribution >= 0.6 is 0 Å². The van der Waals surface area contributed by atoms with E-state index in [1.54, 1.807) is 7.11 Å². The molecule has 4 rings (SSSR count). The quantitative estimate of drug-likeness (QED) is 0.684. The van der Waals surface area contributed by atoms with Crippen LogP contribution in [0.4, 0.5) is 0 Å². The molecule has 0 unspecified atom stereocenters. The van der Waals surface area contributed by atoms with Crippen LogP contribution in [0, 0.1) is 0 Å². The Morgan fingerprint density at radius 2 is 2.00 bits per heavy atom. The van der Waals surface area contributed by atoms with Gasteiger partial charge in [0.15, 0.2) is 0 Å². The number of aromatic nitrogens is 2. The average molecular weight is 377 g/mol. The summed E-state index contributed by atoms with van der Waals surface area (Å²) >= 11 is 0. The van der Waals surface area contributed by atoms with E-state index in [-0.39, 0.29) is 0 Å². The van der Waals surface area contributed by atoms with Gasteiger partial charge in [-0.1, -0.05) is 24.3 Å². The number of benzene rings is 2. The number of nitrogens with one attached hydrogen (secondary N) is 1. The molecule has 5 heteroatoms. The molecular formula is C23H28N4O. The molecule has 0 bridgehead atoms. The first-order valence-corrected chi connectivity index (χ1v) is 9.98. The summed E-state index contributed by atoms with van der Waals surface area (Å²) in [7, 11) is 1.72. The van der Waals surface area contributed by atoms with Gasteiger partial charge in [0.2, 0.25) is 0 Å². The fraction of sp³-hybridized carbons (Fsp3) is 0.348. The maximum absolute atomic E-state index is 5.35. The van der Waals surface area contributed by atoms with E-state index in [0.717, 1.165) is 37.6 Å². The Labute approximate surface area is 166 Å². The molecule has 1 N–H and O–H groups in total. The third-order valence-electron chi connectivity index (χ3n) is 5.32. The molecule has 0 amide bonds. The molecule has 1 fully saturated rings. The van der Waals surface area contributed by atoms with Crippen molar-refractivity contribution in [2.24, 2.45) is 0 Å². The van der Waals surface area contributed by atoms with E-state index in [4.69, 9.17) is 4.74 Å². The number of methoxy groups -OCH3 is 1. The average Bonchev–Trinajstić information content (AvgIpc) is 3.28. The number of piperidine rings is 1. The second-order valence-electron chi connectivity index (χ2n) is 7.43. The van der Waals surface area contributed by atoms with Gasteiger partial charge in [0.1, 0.15) is 5.75 Å². The molecule has 146 valence electrons. The highest BCUT2D eigenvalue weighted by Gasteiger charge is 2.19. The predicted octanol–water partition coefficient (Wildman–Crippen LogP) is 3.64. The van der Waals surface area contributed by atoms with Crippen molar-refractivity contribution in [1.82, 2.24) is 20.0 Å². The Morgan fingerprint density at radius 3 is 2.86 bits per heavy atom. The van der Waals surface area contributed by atoms with Crippen molar-refractivity contribution >= 4 is 0 Å². The van der Waals surface area contributed by atoms with Crippen molar-refractivity contribution in [3.63, 3.8) is 0 Å². The molecule has 1 saturated heterocycles. The minimum absolute atomic E-state index is 0.521. The van der Waals surface area contributed by atoms with Crippen LogP contribution in [0.1, 0.15) is 24.0 Å². The van der Waals surface area contributed by atoms with Crippen LogP contribution in [0.25, 0.3) is 5.69 Å². The Kier molecular flexibility index (Phi) is 6.04. The first kappa shape index (κ1) is 18.7. The summed E-state index contributed by atoms with van der Waals surface area (Å²) in [6.45, 7) is 4.09. The van der Waals surface area contributed by atoms with E-state index >= 15 is 0 Å². The summed E-state index contributed by atoms with van der Waals surface area (Å²) in [4.78, 5) is 2.54. The van der Waals surface area contributed by atoms with Gasteiger partial charge in [-0.15, -0.1) is 0 Å². The lowest BCUT2D eigenvalue weighted by Gasteiger charge is -2.33. The monoisotopic (exact) mass is 376 g/mol. The van der Waals surface area contributed by atoms with E-state index in [9.17, 15) is 0 Å². The lowest BCUT2D eigenvalue weighted by Crippen LogP contribution is -2.45. The van der Waals surface area contributed by atoms with Crippen LogP contribution in [0.2, 0.25) is 0 Å². The van der Waals surface area contributed by atoms with Gasteiger partial charge in [-0.05, 0) is 60.8 Å². The van der Waals surface area contributed by atoms with Crippen LogP contribution in [0.5, 0.6) is 5.75 Å². The Hall–Kier alpha value is -2.63. The van der Waals surface area contributed by atoms with Crippen LogP contribution in [0.15, 0.2) is 67.0 Å². The molecule has 0 aliphatic carbocycles. The number of ether oxygens (including phenoxy) is 1. The van der Waals surface area contributed by atoms with E-state index < -0.39 is 0 Å². The summed E-state index contributed by atoms with van der Waals surface area (Å²) in [5, 5.41) is 8.07. The maximum Gasteiger partial charge on any atom is 0.119 e. The lowest BCUT2D eigenvalue weighted by atomic mass is 10.0. The normalized spacial score (nSPS) is 17.5. The summed E-state index contributed by atoms with van der Waals surface area (Å²) < 4.78 is 7.25. The molecular weight excluding hydrogens is 348 g/mol. The highest BCUT2D eigenvalue weighted by Crippen LogP contribution is 2.18. The van der Waals surface area contributed by atoms with Gasteiger partial charge < -0.3 is 10.1 Å². The van der Waals surface area contributed by atoms with Crippen molar-refractivity contribution in [2.45, 2.75) is 32.0 Å². The molecule has 28 heavy (non-hydrogen) atoms. The molecule has 3 aromatic rings. The molecule has 2 heterocycles. The van der Waals surface area contributed by atoms with Crippen molar-refractivity contribution in [1.29, 1.82) is 0 Å². The molecule has 1 aliphatic heterocycles. The van der Waals surface area contributed by atoms with Gasteiger partial charge in [-0.2, -0.15) is 5.10 Å². The maximum atomic E-state index is 5.35. The van der Waals surface area contributed by atoms with Crippen molar-refractivity contribution in [3.05, 3.63) is 78.1 Å². The lowest BCUT2D eigenvalue weighted by molar-refractivity contribution is 0.182. The zero-order valence-corrected chi connectivity index (χ0v) is 16.4. The minimum atomic E-state index is 0.521. The summed E-state index contributed by atoms with van der Waals surface area (Å²) in [5.41, 5.74) is 3.71. The second kappa shape index (κ2) is 9.04. The number of hydrogen-bond acceptors (Lipinski definition) is 4. The van der Waals surface area contributed by atoms with E-state index in [2.05, 4.69) is 57.8 Å². The fourth-order valence-corrected chi connectivity index (χ4v) is 3.89. The molecule has 2 aromatic carbocycles. The Bertz CT molecular complexity index is 878. The standard InChI is InChI=1S/C23H28N4O/c1-28-23-10-3-7-20(15-23)17-26-12-4-8-21(18-26)24-16-19-6-2-9-22(14-19)27-13-5-11-25-27/h2-3,5-7,9-11,13-15,21,24H,4,8,12,16-18H2,1H3/t21-/m0/s1. The van der Waals surface area contributed by atoms with Crippen molar-refractivity contribution in [3.8, 4) is 11.4 Å². The molecule has 1 atom stereocenters. The molecule has 5 nitrogen and oxygen atoms in total. The first-order valence-electron chi connectivity index (χ1n) is 9.98. The SMILES string of the molecule is COc1cccc(CN2CCC[C@H](NCc3cccc(-n4cccn4)c3)C2)c1. The van der Waals surface area contributed by atoms with Gasteiger partial charge in [-0.25, -0.2) is 4.68 Å². The van der Waals surface area contributed by atoms with Gasteiger partial charge in [0.05, 0.1) is 12.8 Å². The first-order chi connectivity index (χ1) is 13.8. The molecule has 0 radical (unpaired) electrons. The van der Waals surface area contributed by atoms with Gasteiger partial charge in [0.25, 0.3) is 0 Å². The Morgan fingerprint density at radius 1 is 1.11 bits per heavy atom. The number of nitrogens with zero attached hydrogens (tertiary/aromatic N) is 3. The minimum Gasteiger partial charge on any atom is -0.497 e. The van der Waals surface area contributed by atoms with Crippen LogP contribution in [-0.2, 0) is 13.1 Å². The fourth-order valence-electron chi connectivity index (χ4n) is 3.89. The van der Waals surface area contributed by atoms with Crippen molar-refractivity contribution < 1.29 is 4.74 Å².